The molecule has 0 aromatic heterocycles. The first-order chi connectivity index (χ1) is 8.77. The summed E-state index contributed by atoms with van der Waals surface area (Å²) in [6, 6.07) is 4.40. The average Bonchev–Trinajstić information content (AvgIpc) is 2.65. The molecule has 1 aliphatic rings. The van der Waals surface area contributed by atoms with Crippen LogP contribution in [-0.4, -0.2) is 31.0 Å². The first kappa shape index (κ1) is 14.4. The molecule has 2 rings (SSSR count). The molecular weight excluding hydrogens is 339 g/mol. The van der Waals surface area contributed by atoms with E-state index in [1.54, 1.807) is 12.1 Å². The predicted octanol–water partition coefficient (Wildman–Crippen LogP) is 0.978. The Kier molecular flexibility index (Phi) is 3.93. The summed E-state index contributed by atoms with van der Waals surface area (Å²) >= 11 is 3.06. The molecule has 0 radical (unpaired) electrons. The van der Waals surface area contributed by atoms with E-state index in [4.69, 9.17) is 5.14 Å². The minimum absolute atomic E-state index is 0.0761. The van der Waals surface area contributed by atoms with E-state index in [9.17, 15) is 17.6 Å². The molecular formula is C11H12BrFN2O3S. The quantitative estimate of drug-likeness (QED) is 0.882. The SMILES string of the molecule is NS(=O)(=O)C1CC(=O)N(Cc2ccc(F)c(Br)c2)C1. The Bertz CT molecular complexity index is 620. The molecule has 1 amide bonds. The highest BCUT2D eigenvalue weighted by Gasteiger charge is 2.36. The van der Waals surface area contributed by atoms with Crippen LogP contribution in [0.4, 0.5) is 4.39 Å². The molecule has 1 fully saturated rings. The summed E-state index contributed by atoms with van der Waals surface area (Å²) in [6.45, 7) is 0.316. The van der Waals surface area contributed by atoms with Gasteiger partial charge >= 0.3 is 0 Å². The summed E-state index contributed by atoms with van der Waals surface area (Å²) < 4.78 is 35.8. The monoisotopic (exact) mass is 350 g/mol. The Morgan fingerprint density at radius 2 is 2.16 bits per heavy atom. The van der Waals surface area contributed by atoms with Crippen molar-refractivity contribution in [3.8, 4) is 0 Å². The van der Waals surface area contributed by atoms with Crippen LogP contribution >= 0.6 is 15.9 Å². The van der Waals surface area contributed by atoms with Crippen molar-refractivity contribution in [2.75, 3.05) is 6.54 Å². The lowest BCUT2D eigenvalue weighted by Crippen LogP contribution is -2.31. The molecule has 2 N–H and O–H groups in total. The van der Waals surface area contributed by atoms with Crippen LogP contribution in [0.15, 0.2) is 22.7 Å². The van der Waals surface area contributed by atoms with Crippen LogP contribution in [0.2, 0.25) is 0 Å². The molecule has 104 valence electrons. The molecule has 0 spiro atoms. The lowest BCUT2D eigenvalue weighted by Gasteiger charge is -2.16. The van der Waals surface area contributed by atoms with Gasteiger partial charge in [0.15, 0.2) is 0 Å². The zero-order valence-electron chi connectivity index (χ0n) is 9.84. The number of likely N-dealkylation sites (tertiary alicyclic amines) is 1. The summed E-state index contributed by atoms with van der Waals surface area (Å²) in [4.78, 5) is 13.1. The van der Waals surface area contributed by atoms with E-state index in [1.807, 2.05) is 0 Å². The van der Waals surface area contributed by atoms with Crippen LogP contribution in [-0.2, 0) is 21.4 Å². The second-order valence-corrected chi connectivity index (χ2v) is 7.14. The van der Waals surface area contributed by atoms with Crippen molar-refractivity contribution >= 4 is 31.9 Å². The van der Waals surface area contributed by atoms with Crippen LogP contribution in [0.1, 0.15) is 12.0 Å². The summed E-state index contributed by atoms with van der Waals surface area (Å²) in [5.41, 5.74) is 0.719. The van der Waals surface area contributed by atoms with Crippen molar-refractivity contribution < 1.29 is 17.6 Å². The first-order valence-electron chi connectivity index (χ1n) is 5.50. The van der Waals surface area contributed by atoms with Gasteiger partial charge in [-0.2, -0.15) is 0 Å². The van der Waals surface area contributed by atoms with Gasteiger partial charge in [-0.05, 0) is 33.6 Å². The van der Waals surface area contributed by atoms with Crippen LogP contribution < -0.4 is 5.14 Å². The van der Waals surface area contributed by atoms with E-state index >= 15 is 0 Å². The van der Waals surface area contributed by atoms with Gasteiger partial charge in [0.25, 0.3) is 0 Å². The number of amides is 1. The molecule has 0 bridgehead atoms. The van der Waals surface area contributed by atoms with Crippen molar-refractivity contribution in [3.63, 3.8) is 0 Å². The van der Waals surface area contributed by atoms with Gasteiger partial charge in [0.05, 0.1) is 4.47 Å². The topological polar surface area (TPSA) is 80.5 Å². The van der Waals surface area contributed by atoms with Crippen molar-refractivity contribution in [1.29, 1.82) is 0 Å². The van der Waals surface area contributed by atoms with E-state index in [2.05, 4.69) is 15.9 Å². The van der Waals surface area contributed by atoms with Crippen LogP contribution in [0.5, 0.6) is 0 Å². The molecule has 5 nitrogen and oxygen atoms in total. The lowest BCUT2D eigenvalue weighted by atomic mass is 10.2. The fraction of sp³-hybridized carbons (Fsp3) is 0.364. The summed E-state index contributed by atoms with van der Waals surface area (Å²) in [7, 11) is -3.71. The molecule has 1 aliphatic heterocycles. The van der Waals surface area contributed by atoms with Gasteiger partial charge in [-0.1, -0.05) is 6.07 Å². The molecule has 1 aromatic carbocycles. The van der Waals surface area contributed by atoms with Crippen molar-refractivity contribution in [2.45, 2.75) is 18.2 Å². The minimum Gasteiger partial charge on any atom is -0.337 e. The number of carbonyl (C=O) groups excluding carboxylic acids is 1. The van der Waals surface area contributed by atoms with Crippen LogP contribution in [0, 0.1) is 5.82 Å². The van der Waals surface area contributed by atoms with E-state index < -0.39 is 15.3 Å². The number of nitrogens with zero attached hydrogens (tertiary/aromatic N) is 1. The highest BCUT2D eigenvalue weighted by Crippen LogP contribution is 2.22. The number of hydrogen-bond acceptors (Lipinski definition) is 3. The maximum atomic E-state index is 13.1. The normalized spacial score (nSPS) is 20.1. The smallest absolute Gasteiger partial charge is 0.224 e. The Hall–Kier alpha value is -0.990. The fourth-order valence-corrected chi connectivity index (χ4v) is 3.16. The third-order valence-electron chi connectivity index (χ3n) is 3.00. The number of benzene rings is 1. The Balaban J connectivity index is 2.12. The Morgan fingerprint density at radius 1 is 1.47 bits per heavy atom. The molecule has 0 saturated carbocycles. The van der Waals surface area contributed by atoms with Gasteiger partial charge in [0, 0.05) is 19.5 Å². The first-order valence-corrected chi connectivity index (χ1v) is 7.91. The highest BCUT2D eigenvalue weighted by atomic mass is 79.9. The average molecular weight is 351 g/mol. The van der Waals surface area contributed by atoms with E-state index in [1.165, 1.54) is 11.0 Å². The highest BCUT2D eigenvalue weighted by molar-refractivity contribution is 9.10. The fourth-order valence-electron chi connectivity index (χ4n) is 1.97. The third-order valence-corrected chi connectivity index (χ3v) is 4.85. The third kappa shape index (κ3) is 3.31. The molecule has 0 aliphatic carbocycles. The number of carbonyl (C=O) groups is 1. The lowest BCUT2D eigenvalue weighted by molar-refractivity contribution is -0.128. The molecule has 1 heterocycles. The van der Waals surface area contributed by atoms with Gasteiger partial charge in [0.1, 0.15) is 11.1 Å². The van der Waals surface area contributed by atoms with Gasteiger partial charge < -0.3 is 4.90 Å². The maximum absolute atomic E-state index is 13.1. The van der Waals surface area contributed by atoms with E-state index in [0.29, 0.717) is 4.47 Å². The predicted molar refractivity (Wildman–Crippen MR) is 71.0 cm³/mol. The number of halogens is 2. The standard InChI is InChI=1S/C11H12BrFN2O3S/c12-9-3-7(1-2-10(9)13)5-15-6-8(4-11(15)16)19(14,17)18/h1-3,8H,4-6H2,(H2,14,17,18). The summed E-state index contributed by atoms with van der Waals surface area (Å²) in [5.74, 6) is -0.654. The van der Waals surface area contributed by atoms with Crippen LogP contribution in [0.25, 0.3) is 0 Å². The molecule has 19 heavy (non-hydrogen) atoms. The number of hydrogen-bond donors (Lipinski definition) is 1. The Labute approximate surface area is 118 Å². The Morgan fingerprint density at radius 3 is 2.68 bits per heavy atom. The van der Waals surface area contributed by atoms with E-state index in [0.717, 1.165) is 5.56 Å². The minimum atomic E-state index is -3.71. The number of nitrogens with two attached hydrogens (primary N) is 1. The number of rotatable bonds is 3. The molecule has 8 heteroatoms. The van der Waals surface area contributed by atoms with Crippen molar-refractivity contribution in [3.05, 3.63) is 34.1 Å². The summed E-state index contributed by atoms with van der Waals surface area (Å²) in [6.07, 6.45) is -0.0960. The molecule has 1 aromatic rings. The second kappa shape index (κ2) is 5.18. The van der Waals surface area contributed by atoms with Crippen molar-refractivity contribution in [1.82, 2.24) is 4.90 Å². The second-order valence-electron chi connectivity index (χ2n) is 4.44. The largest absolute Gasteiger partial charge is 0.337 e. The van der Waals surface area contributed by atoms with Crippen LogP contribution in [0.3, 0.4) is 0 Å². The van der Waals surface area contributed by atoms with Gasteiger partial charge in [0.2, 0.25) is 15.9 Å². The van der Waals surface area contributed by atoms with Gasteiger partial charge in [-0.25, -0.2) is 17.9 Å². The molecule has 1 atom stereocenters. The molecule has 1 saturated heterocycles. The van der Waals surface area contributed by atoms with Crippen molar-refractivity contribution in [2.24, 2.45) is 5.14 Å². The molecule has 1 unspecified atom stereocenters. The number of primary sulfonamides is 1. The zero-order chi connectivity index (χ0) is 14.2. The summed E-state index contributed by atoms with van der Waals surface area (Å²) in [5, 5.41) is 4.18. The van der Waals surface area contributed by atoms with E-state index in [-0.39, 0.29) is 31.2 Å². The zero-order valence-corrected chi connectivity index (χ0v) is 12.2. The van der Waals surface area contributed by atoms with Gasteiger partial charge in [-0.3, -0.25) is 4.79 Å². The maximum Gasteiger partial charge on any atom is 0.224 e. The van der Waals surface area contributed by atoms with Gasteiger partial charge in [-0.15, -0.1) is 0 Å². The number of sulfonamides is 1.